The van der Waals surface area contributed by atoms with Crippen LogP contribution in [0.15, 0.2) is 24.3 Å². The van der Waals surface area contributed by atoms with Gasteiger partial charge in [0.25, 0.3) is 5.91 Å². The number of amides is 1. The normalized spacial score (nSPS) is 19.7. The molecule has 1 aromatic carbocycles. The number of carbonyl (C=O) groups excluding carboxylic acids is 1. The molecule has 0 unspecified atom stereocenters. The van der Waals surface area contributed by atoms with Crippen molar-refractivity contribution in [3.63, 3.8) is 0 Å². The fourth-order valence-corrected chi connectivity index (χ4v) is 1.99. The van der Waals surface area contributed by atoms with Crippen molar-refractivity contribution < 1.29 is 9.53 Å². The van der Waals surface area contributed by atoms with Crippen LogP contribution in [0.3, 0.4) is 0 Å². The van der Waals surface area contributed by atoms with E-state index >= 15 is 0 Å². The molecule has 92 valence electrons. The topological polar surface area (TPSA) is 50.4 Å². The molecule has 0 bridgehead atoms. The largest absolute Gasteiger partial charge is 0.497 e. The highest BCUT2D eigenvalue weighted by molar-refractivity contribution is 5.94. The molecule has 0 saturated carbocycles. The third-order valence-corrected chi connectivity index (χ3v) is 2.98. The van der Waals surface area contributed by atoms with Crippen LogP contribution >= 0.6 is 0 Å². The van der Waals surface area contributed by atoms with Crippen molar-refractivity contribution in [2.24, 2.45) is 0 Å². The van der Waals surface area contributed by atoms with Crippen molar-refractivity contribution >= 4 is 5.91 Å². The highest BCUT2D eigenvalue weighted by Crippen LogP contribution is 2.11. The van der Waals surface area contributed by atoms with Crippen molar-refractivity contribution in [1.82, 2.24) is 10.6 Å². The number of nitrogens with one attached hydrogen (secondary N) is 2. The maximum Gasteiger partial charge on any atom is 0.251 e. The Bertz CT molecular complexity index is 370. The zero-order valence-electron chi connectivity index (χ0n) is 10.0. The third-order valence-electron chi connectivity index (χ3n) is 2.98. The summed E-state index contributed by atoms with van der Waals surface area (Å²) in [5.41, 5.74) is 0.677. The molecule has 1 amide bonds. The zero-order chi connectivity index (χ0) is 12.1. The highest BCUT2D eigenvalue weighted by atomic mass is 16.5. The molecular weight excluding hydrogens is 216 g/mol. The lowest BCUT2D eigenvalue weighted by Gasteiger charge is -2.23. The summed E-state index contributed by atoms with van der Waals surface area (Å²) in [6.07, 6.45) is 2.17. The Hall–Kier alpha value is -1.55. The first-order valence-corrected chi connectivity index (χ1v) is 5.95. The monoisotopic (exact) mass is 234 g/mol. The number of ether oxygens (including phenoxy) is 1. The lowest BCUT2D eigenvalue weighted by molar-refractivity contribution is 0.0930. The maximum absolute atomic E-state index is 11.9. The fraction of sp³-hybridized carbons (Fsp3) is 0.462. The molecule has 1 fully saturated rings. The van der Waals surface area contributed by atoms with Gasteiger partial charge in [-0.2, -0.15) is 0 Å². The molecule has 1 aromatic rings. The predicted octanol–water partition coefficient (Wildman–Crippen LogP) is 1.18. The minimum absolute atomic E-state index is 0.0126. The Balaban J connectivity index is 1.93. The van der Waals surface area contributed by atoms with Crippen LogP contribution in [0.5, 0.6) is 5.75 Å². The second-order valence-electron chi connectivity index (χ2n) is 4.25. The molecule has 0 aromatic heterocycles. The Morgan fingerprint density at radius 1 is 1.41 bits per heavy atom. The number of carbonyl (C=O) groups is 1. The molecule has 4 heteroatoms. The summed E-state index contributed by atoms with van der Waals surface area (Å²) < 4.78 is 5.06. The van der Waals surface area contributed by atoms with Crippen LogP contribution in [0.1, 0.15) is 23.2 Å². The zero-order valence-corrected chi connectivity index (χ0v) is 10.0. The highest BCUT2D eigenvalue weighted by Gasteiger charge is 2.16. The van der Waals surface area contributed by atoms with Crippen LogP contribution in [0.4, 0.5) is 0 Å². The van der Waals surface area contributed by atoms with Crippen molar-refractivity contribution in [1.29, 1.82) is 0 Å². The van der Waals surface area contributed by atoms with E-state index in [4.69, 9.17) is 4.74 Å². The van der Waals surface area contributed by atoms with Crippen LogP contribution in [-0.4, -0.2) is 32.1 Å². The van der Waals surface area contributed by atoms with Crippen molar-refractivity contribution in [2.75, 3.05) is 20.2 Å². The average molecular weight is 234 g/mol. The molecule has 1 atom stereocenters. The molecule has 2 rings (SSSR count). The average Bonchev–Trinajstić information content (AvgIpc) is 2.40. The molecular formula is C13H18N2O2. The van der Waals surface area contributed by atoms with E-state index in [1.54, 1.807) is 31.4 Å². The van der Waals surface area contributed by atoms with Gasteiger partial charge in [0.1, 0.15) is 5.75 Å². The summed E-state index contributed by atoms with van der Waals surface area (Å²) in [4.78, 5) is 11.9. The van der Waals surface area contributed by atoms with E-state index in [9.17, 15) is 4.79 Å². The van der Waals surface area contributed by atoms with Crippen LogP contribution in [0.25, 0.3) is 0 Å². The van der Waals surface area contributed by atoms with Gasteiger partial charge in [0.2, 0.25) is 0 Å². The Morgan fingerprint density at radius 2 is 2.18 bits per heavy atom. The van der Waals surface area contributed by atoms with Crippen molar-refractivity contribution in [3.05, 3.63) is 29.8 Å². The molecule has 1 saturated heterocycles. The van der Waals surface area contributed by atoms with Crippen LogP contribution in [-0.2, 0) is 0 Å². The van der Waals surface area contributed by atoms with Gasteiger partial charge in [-0.05, 0) is 43.7 Å². The second kappa shape index (κ2) is 5.68. The molecule has 0 aliphatic carbocycles. The first kappa shape index (κ1) is 11.9. The first-order chi connectivity index (χ1) is 8.29. The predicted molar refractivity (Wildman–Crippen MR) is 66.4 cm³/mol. The van der Waals surface area contributed by atoms with Gasteiger partial charge >= 0.3 is 0 Å². The number of hydrogen-bond acceptors (Lipinski definition) is 3. The van der Waals surface area contributed by atoms with E-state index in [2.05, 4.69) is 10.6 Å². The van der Waals surface area contributed by atoms with Gasteiger partial charge in [-0.15, -0.1) is 0 Å². The number of hydrogen-bond donors (Lipinski definition) is 2. The minimum Gasteiger partial charge on any atom is -0.497 e. The minimum atomic E-state index is -0.0126. The molecule has 1 aliphatic rings. The Labute approximate surface area is 101 Å². The Kier molecular flexibility index (Phi) is 3.98. The van der Waals surface area contributed by atoms with E-state index < -0.39 is 0 Å². The molecule has 2 N–H and O–H groups in total. The van der Waals surface area contributed by atoms with Crippen LogP contribution in [0.2, 0.25) is 0 Å². The summed E-state index contributed by atoms with van der Waals surface area (Å²) in [6, 6.07) is 7.41. The van der Waals surface area contributed by atoms with Gasteiger partial charge in [-0.1, -0.05) is 0 Å². The number of piperidine rings is 1. The van der Waals surface area contributed by atoms with Gasteiger partial charge in [0.05, 0.1) is 7.11 Å². The van der Waals surface area contributed by atoms with Gasteiger partial charge < -0.3 is 15.4 Å². The van der Waals surface area contributed by atoms with E-state index in [-0.39, 0.29) is 11.9 Å². The van der Waals surface area contributed by atoms with E-state index in [1.807, 2.05) is 0 Å². The molecule has 1 aliphatic heterocycles. The molecule has 17 heavy (non-hydrogen) atoms. The number of methoxy groups -OCH3 is 1. The van der Waals surface area contributed by atoms with Crippen molar-refractivity contribution in [2.45, 2.75) is 18.9 Å². The van der Waals surface area contributed by atoms with Crippen molar-refractivity contribution in [3.8, 4) is 5.75 Å². The van der Waals surface area contributed by atoms with E-state index in [0.717, 1.165) is 31.7 Å². The van der Waals surface area contributed by atoms with E-state index in [0.29, 0.717) is 5.56 Å². The molecule has 0 radical (unpaired) electrons. The van der Waals surface area contributed by atoms with Gasteiger partial charge in [0.15, 0.2) is 0 Å². The third kappa shape index (κ3) is 3.20. The Morgan fingerprint density at radius 3 is 2.76 bits per heavy atom. The van der Waals surface area contributed by atoms with Gasteiger partial charge in [-0.3, -0.25) is 4.79 Å². The van der Waals surface area contributed by atoms with Gasteiger partial charge in [-0.25, -0.2) is 0 Å². The quantitative estimate of drug-likeness (QED) is 0.825. The van der Waals surface area contributed by atoms with Crippen LogP contribution in [0, 0.1) is 0 Å². The molecule has 0 spiro atoms. The summed E-state index contributed by atoms with van der Waals surface area (Å²) in [6.45, 7) is 1.91. The lowest BCUT2D eigenvalue weighted by Crippen LogP contribution is -2.45. The van der Waals surface area contributed by atoms with E-state index in [1.165, 1.54) is 0 Å². The summed E-state index contributed by atoms with van der Waals surface area (Å²) >= 11 is 0. The maximum atomic E-state index is 11.9. The number of rotatable bonds is 3. The fourth-order valence-electron chi connectivity index (χ4n) is 1.99. The smallest absolute Gasteiger partial charge is 0.251 e. The molecule has 1 heterocycles. The SMILES string of the molecule is COc1ccc(C(=O)N[C@@H]2CCCNC2)cc1. The first-order valence-electron chi connectivity index (χ1n) is 5.95. The van der Waals surface area contributed by atoms with Gasteiger partial charge in [0, 0.05) is 18.2 Å². The summed E-state index contributed by atoms with van der Waals surface area (Å²) in [5.74, 6) is 0.752. The summed E-state index contributed by atoms with van der Waals surface area (Å²) in [7, 11) is 1.61. The molecule has 4 nitrogen and oxygen atoms in total. The summed E-state index contributed by atoms with van der Waals surface area (Å²) in [5, 5.41) is 6.31. The van der Waals surface area contributed by atoms with Crippen LogP contribution < -0.4 is 15.4 Å². The lowest BCUT2D eigenvalue weighted by atomic mass is 10.1. The standard InChI is InChI=1S/C13H18N2O2/c1-17-12-6-4-10(5-7-12)13(16)15-11-3-2-8-14-9-11/h4-7,11,14H,2-3,8-9H2,1H3,(H,15,16)/t11-/m1/s1. The second-order valence-corrected chi connectivity index (χ2v) is 4.25. The number of benzene rings is 1.